The number of sulfone groups is 1. The minimum Gasteiger partial charge on any atom is -0.219 e. The van der Waals surface area contributed by atoms with Crippen molar-refractivity contribution in [3.05, 3.63) is 33.7 Å². The van der Waals surface area contributed by atoms with Gasteiger partial charge in [-0.3, -0.25) is 0 Å². The van der Waals surface area contributed by atoms with Crippen LogP contribution in [0.3, 0.4) is 0 Å². The van der Waals surface area contributed by atoms with Crippen molar-refractivity contribution in [2.75, 3.05) is 5.75 Å². The van der Waals surface area contributed by atoms with E-state index >= 15 is 0 Å². The van der Waals surface area contributed by atoms with Crippen LogP contribution in [-0.4, -0.2) is 14.2 Å². The minimum absolute atomic E-state index is 0.202. The Morgan fingerprint density at radius 1 is 1.36 bits per heavy atom. The second kappa shape index (κ2) is 3.29. The monoisotopic (exact) mass is 246 g/mol. The van der Waals surface area contributed by atoms with E-state index in [1.54, 1.807) is 24.3 Å². The largest absolute Gasteiger partial charge is 0.219 e. The van der Waals surface area contributed by atoms with E-state index in [4.69, 9.17) is 11.6 Å². The van der Waals surface area contributed by atoms with Crippen molar-refractivity contribution in [3.63, 3.8) is 0 Å². The standard InChI is InChI=1S/C9H7ClO2S2/c10-8-2-1-3-9-7(8)4-6(5-13)14(9,11)12/h1-4,13H,5H2. The van der Waals surface area contributed by atoms with Crippen molar-refractivity contribution in [2.45, 2.75) is 4.90 Å². The molecule has 0 aromatic heterocycles. The van der Waals surface area contributed by atoms with Gasteiger partial charge >= 0.3 is 0 Å². The molecule has 1 aromatic rings. The fraction of sp³-hybridized carbons (Fsp3) is 0.111. The molecule has 74 valence electrons. The third-order valence-corrected chi connectivity index (χ3v) is 4.88. The minimum atomic E-state index is -3.32. The highest BCUT2D eigenvalue weighted by Gasteiger charge is 2.29. The van der Waals surface area contributed by atoms with E-state index in [9.17, 15) is 8.42 Å². The van der Waals surface area contributed by atoms with E-state index in [-0.39, 0.29) is 10.6 Å². The van der Waals surface area contributed by atoms with E-state index in [1.807, 2.05) is 0 Å². The molecule has 1 aliphatic rings. The molecule has 2 nitrogen and oxygen atoms in total. The molecule has 0 saturated heterocycles. The Hall–Kier alpha value is -0.450. The molecule has 1 aliphatic heterocycles. The number of hydrogen-bond donors (Lipinski definition) is 1. The third-order valence-electron chi connectivity index (χ3n) is 2.11. The maximum absolute atomic E-state index is 11.8. The van der Waals surface area contributed by atoms with Gasteiger partial charge in [0.15, 0.2) is 0 Å². The molecule has 0 atom stereocenters. The summed E-state index contributed by atoms with van der Waals surface area (Å²) in [5, 5.41) is 0.461. The molecule has 0 N–H and O–H groups in total. The fourth-order valence-electron chi connectivity index (χ4n) is 1.40. The first-order chi connectivity index (χ1) is 6.57. The smallest absolute Gasteiger partial charge is 0.204 e. The molecule has 0 bridgehead atoms. The maximum atomic E-state index is 11.8. The van der Waals surface area contributed by atoms with Crippen LogP contribution >= 0.6 is 24.2 Å². The normalized spacial score (nSPS) is 17.7. The predicted molar refractivity (Wildman–Crippen MR) is 60.5 cm³/mol. The number of hydrogen-bond acceptors (Lipinski definition) is 3. The van der Waals surface area contributed by atoms with Crippen molar-refractivity contribution in [3.8, 4) is 0 Å². The summed E-state index contributed by atoms with van der Waals surface area (Å²) in [5.41, 5.74) is 0.582. The number of halogens is 1. The van der Waals surface area contributed by atoms with E-state index in [1.165, 1.54) is 0 Å². The lowest BCUT2D eigenvalue weighted by molar-refractivity contribution is 0.603. The molecule has 0 radical (unpaired) electrons. The van der Waals surface area contributed by atoms with Crippen LogP contribution in [0.2, 0.25) is 5.02 Å². The third kappa shape index (κ3) is 1.29. The summed E-state index contributed by atoms with van der Waals surface area (Å²) in [6.07, 6.45) is 1.58. The van der Waals surface area contributed by atoms with Crippen LogP contribution in [0.25, 0.3) is 6.08 Å². The van der Waals surface area contributed by atoms with Gasteiger partial charge in [0.05, 0.1) is 9.80 Å². The quantitative estimate of drug-likeness (QED) is 0.773. The second-order valence-corrected chi connectivity index (χ2v) is 5.62. The average molecular weight is 247 g/mol. The summed E-state index contributed by atoms with van der Waals surface area (Å²) >= 11 is 9.86. The number of benzene rings is 1. The Bertz CT molecular complexity index is 518. The van der Waals surface area contributed by atoms with Crippen molar-refractivity contribution >= 4 is 40.1 Å². The summed E-state index contributed by atoms with van der Waals surface area (Å²) in [6, 6.07) is 4.87. The van der Waals surface area contributed by atoms with Crippen LogP contribution in [-0.2, 0) is 9.84 Å². The number of fused-ring (bicyclic) bond motifs is 1. The lowest BCUT2D eigenvalue weighted by atomic mass is 10.2. The van der Waals surface area contributed by atoms with Gasteiger partial charge in [-0.2, -0.15) is 12.6 Å². The van der Waals surface area contributed by atoms with Crippen LogP contribution in [0.5, 0.6) is 0 Å². The summed E-state index contributed by atoms with van der Waals surface area (Å²) in [4.78, 5) is 0.595. The molecule has 0 saturated carbocycles. The molecule has 5 heteroatoms. The first kappa shape index (κ1) is 10.1. The van der Waals surface area contributed by atoms with E-state index in [0.29, 0.717) is 15.5 Å². The van der Waals surface area contributed by atoms with Gasteiger partial charge in [-0.25, -0.2) is 8.42 Å². The SMILES string of the molecule is O=S1(=O)C(CS)=Cc2c(Cl)cccc21. The zero-order valence-electron chi connectivity index (χ0n) is 7.07. The van der Waals surface area contributed by atoms with Crippen LogP contribution < -0.4 is 0 Å². The van der Waals surface area contributed by atoms with Crippen molar-refractivity contribution in [1.29, 1.82) is 0 Å². The molecular weight excluding hydrogens is 240 g/mol. The lowest BCUT2D eigenvalue weighted by Crippen LogP contribution is -2.01. The van der Waals surface area contributed by atoms with Gasteiger partial charge < -0.3 is 0 Å². The van der Waals surface area contributed by atoms with Gasteiger partial charge in [-0.15, -0.1) is 0 Å². The summed E-state index contributed by atoms with van der Waals surface area (Å²) in [7, 11) is -3.32. The van der Waals surface area contributed by atoms with Gasteiger partial charge in [0.2, 0.25) is 9.84 Å². The number of thiol groups is 1. The topological polar surface area (TPSA) is 34.1 Å². The molecule has 1 aromatic carbocycles. The van der Waals surface area contributed by atoms with E-state index in [2.05, 4.69) is 12.6 Å². The van der Waals surface area contributed by atoms with Gasteiger partial charge in [0.1, 0.15) is 0 Å². The molecule has 14 heavy (non-hydrogen) atoms. The Balaban J connectivity index is 2.78. The Labute approximate surface area is 92.9 Å². The highest BCUT2D eigenvalue weighted by atomic mass is 35.5. The first-order valence-corrected chi connectivity index (χ1v) is 6.42. The van der Waals surface area contributed by atoms with Crippen LogP contribution in [0.1, 0.15) is 5.56 Å². The zero-order valence-corrected chi connectivity index (χ0v) is 9.53. The summed E-state index contributed by atoms with van der Waals surface area (Å²) in [5.74, 6) is 0.202. The molecule has 0 spiro atoms. The molecular formula is C9H7ClO2S2. The Morgan fingerprint density at radius 3 is 2.64 bits per heavy atom. The molecule has 1 heterocycles. The molecule has 0 aliphatic carbocycles. The summed E-state index contributed by atoms with van der Waals surface area (Å²) in [6.45, 7) is 0. The van der Waals surface area contributed by atoms with Crippen LogP contribution in [0, 0.1) is 0 Å². The maximum Gasteiger partial charge on any atom is 0.204 e. The lowest BCUT2D eigenvalue weighted by Gasteiger charge is -2.00. The zero-order chi connectivity index (χ0) is 10.3. The van der Waals surface area contributed by atoms with Gasteiger partial charge in [0.25, 0.3) is 0 Å². The van der Waals surface area contributed by atoms with Crippen LogP contribution in [0.15, 0.2) is 28.0 Å². The number of rotatable bonds is 1. The van der Waals surface area contributed by atoms with Gasteiger partial charge in [-0.05, 0) is 18.2 Å². The van der Waals surface area contributed by atoms with Crippen molar-refractivity contribution in [1.82, 2.24) is 0 Å². The Kier molecular flexibility index (Phi) is 2.37. The van der Waals surface area contributed by atoms with E-state index < -0.39 is 9.84 Å². The molecule has 0 amide bonds. The van der Waals surface area contributed by atoms with Gasteiger partial charge in [-0.1, -0.05) is 17.7 Å². The predicted octanol–water partition coefficient (Wildman–Crippen LogP) is 2.40. The van der Waals surface area contributed by atoms with Gasteiger partial charge in [0, 0.05) is 16.3 Å². The molecule has 0 unspecified atom stereocenters. The van der Waals surface area contributed by atoms with E-state index in [0.717, 1.165) is 0 Å². The summed E-state index contributed by atoms with van der Waals surface area (Å²) < 4.78 is 23.6. The van der Waals surface area contributed by atoms with Crippen molar-refractivity contribution in [2.24, 2.45) is 0 Å². The Morgan fingerprint density at radius 2 is 2.07 bits per heavy atom. The molecule has 2 rings (SSSR count). The molecule has 0 fully saturated rings. The van der Waals surface area contributed by atoms with Crippen molar-refractivity contribution < 1.29 is 8.42 Å². The first-order valence-electron chi connectivity index (χ1n) is 3.92. The highest BCUT2D eigenvalue weighted by molar-refractivity contribution is 7.97. The van der Waals surface area contributed by atoms with Crippen LogP contribution in [0.4, 0.5) is 0 Å². The highest BCUT2D eigenvalue weighted by Crippen LogP contribution is 2.36. The average Bonchev–Trinajstić information content (AvgIpc) is 2.40. The second-order valence-electron chi connectivity index (χ2n) is 2.92. The fourth-order valence-corrected chi connectivity index (χ4v) is 3.73.